The highest BCUT2D eigenvalue weighted by molar-refractivity contribution is 9.10. The summed E-state index contributed by atoms with van der Waals surface area (Å²) in [4.78, 5) is 0. The van der Waals surface area contributed by atoms with E-state index < -0.39 is 0 Å². The molecule has 3 nitrogen and oxygen atoms in total. The van der Waals surface area contributed by atoms with Crippen LogP contribution in [-0.2, 0) is 0 Å². The van der Waals surface area contributed by atoms with Gasteiger partial charge in [-0.2, -0.15) is 0 Å². The van der Waals surface area contributed by atoms with Gasteiger partial charge in [-0.25, -0.2) is 0 Å². The summed E-state index contributed by atoms with van der Waals surface area (Å²) in [5, 5.41) is 22.6. The average Bonchev–Trinajstić information content (AvgIpc) is 2.38. The lowest BCUT2D eigenvalue weighted by molar-refractivity contribution is 0.427. The van der Waals surface area contributed by atoms with Crippen LogP contribution in [0.1, 0.15) is 37.1 Å². The van der Waals surface area contributed by atoms with E-state index in [4.69, 9.17) is 0 Å². The molecule has 106 valence electrons. The first-order valence-electron chi connectivity index (χ1n) is 6.50. The highest BCUT2D eigenvalue weighted by Gasteiger charge is 2.14. The number of phenolic OH excluding ortho intramolecular Hbond substituents is 2. The summed E-state index contributed by atoms with van der Waals surface area (Å²) >= 11 is 3.47. The van der Waals surface area contributed by atoms with Gasteiger partial charge in [-0.05, 0) is 37.6 Å². The number of hydrogen-bond donors (Lipinski definition) is 3. The number of phenols is 2. The highest BCUT2D eigenvalue weighted by Crippen LogP contribution is 2.29. The van der Waals surface area contributed by atoms with E-state index in [2.05, 4.69) is 40.3 Å². The van der Waals surface area contributed by atoms with Crippen molar-refractivity contribution in [3.8, 4) is 11.5 Å². The Labute approximate surface area is 127 Å². The Morgan fingerprint density at radius 3 is 2.40 bits per heavy atom. The van der Waals surface area contributed by atoms with E-state index in [1.54, 1.807) is 12.1 Å². The first-order valence-corrected chi connectivity index (χ1v) is 7.30. The second-order valence-electron chi connectivity index (χ2n) is 4.91. The fourth-order valence-corrected chi connectivity index (χ4v) is 2.65. The first kappa shape index (κ1) is 14.9. The second kappa shape index (κ2) is 6.29. The molecule has 0 aliphatic rings. The van der Waals surface area contributed by atoms with Crippen molar-refractivity contribution in [2.75, 3.05) is 0 Å². The molecule has 0 aliphatic heterocycles. The SMILES string of the molecule is CC(N[C@@H](C)c1cccc(Br)c1)c1ccc(O)cc1O. The van der Waals surface area contributed by atoms with Gasteiger partial charge >= 0.3 is 0 Å². The molecule has 0 saturated heterocycles. The third kappa shape index (κ3) is 3.52. The summed E-state index contributed by atoms with van der Waals surface area (Å²) in [5.74, 6) is 0.171. The Balaban J connectivity index is 2.12. The summed E-state index contributed by atoms with van der Waals surface area (Å²) in [6, 6.07) is 12.9. The zero-order chi connectivity index (χ0) is 14.7. The highest BCUT2D eigenvalue weighted by atomic mass is 79.9. The van der Waals surface area contributed by atoms with E-state index in [0.29, 0.717) is 0 Å². The quantitative estimate of drug-likeness (QED) is 0.781. The number of halogens is 1. The molecule has 2 rings (SSSR count). The summed E-state index contributed by atoms with van der Waals surface area (Å²) < 4.78 is 1.05. The van der Waals surface area contributed by atoms with Crippen molar-refractivity contribution in [3.05, 3.63) is 58.1 Å². The van der Waals surface area contributed by atoms with Crippen LogP contribution in [0, 0.1) is 0 Å². The van der Waals surface area contributed by atoms with Gasteiger partial charge in [-0.1, -0.05) is 34.1 Å². The molecule has 0 saturated carbocycles. The molecule has 2 aromatic carbocycles. The van der Waals surface area contributed by atoms with Gasteiger partial charge in [0.05, 0.1) is 0 Å². The van der Waals surface area contributed by atoms with Crippen molar-refractivity contribution in [3.63, 3.8) is 0 Å². The normalized spacial score (nSPS) is 13.9. The van der Waals surface area contributed by atoms with Gasteiger partial charge in [0.15, 0.2) is 0 Å². The molecule has 0 bridgehead atoms. The van der Waals surface area contributed by atoms with E-state index in [1.807, 2.05) is 19.1 Å². The molecule has 20 heavy (non-hydrogen) atoms. The fraction of sp³-hybridized carbons (Fsp3) is 0.250. The molecule has 2 aromatic rings. The topological polar surface area (TPSA) is 52.5 Å². The molecule has 0 fully saturated rings. The molecule has 0 spiro atoms. The standard InChI is InChI=1S/C16H18BrNO2/c1-10(12-4-3-5-13(17)8-12)18-11(2)15-7-6-14(19)9-16(15)20/h3-11,18-20H,1-2H3/t10-,11?/m0/s1. The van der Waals surface area contributed by atoms with Crippen LogP contribution >= 0.6 is 15.9 Å². The molecule has 4 heteroatoms. The van der Waals surface area contributed by atoms with Crippen LogP contribution in [0.4, 0.5) is 0 Å². The van der Waals surface area contributed by atoms with E-state index >= 15 is 0 Å². The maximum atomic E-state index is 9.88. The van der Waals surface area contributed by atoms with Crippen molar-refractivity contribution in [1.29, 1.82) is 0 Å². The predicted molar refractivity (Wildman–Crippen MR) is 83.9 cm³/mol. The molecule has 1 unspecified atom stereocenters. The van der Waals surface area contributed by atoms with E-state index in [1.165, 1.54) is 11.6 Å². The second-order valence-corrected chi connectivity index (χ2v) is 5.82. The zero-order valence-corrected chi connectivity index (χ0v) is 13.1. The molecule has 0 heterocycles. The van der Waals surface area contributed by atoms with Crippen LogP contribution < -0.4 is 5.32 Å². The van der Waals surface area contributed by atoms with E-state index in [9.17, 15) is 10.2 Å². The predicted octanol–water partition coefficient (Wildman–Crippen LogP) is 4.27. The maximum absolute atomic E-state index is 9.88. The van der Waals surface area contributed by atoms with Crippen LogP contribution in [-0.4, -0.2) is 10.2 Å². The lowest BCUT2D eigenvalue weighted by atomic mass is 10.0. The fourth-order valence-electron chi connectivity index (χ4n) is 2.24. The molecule has 2 atom stereocenters. The maximum Gasteiger partial charge on any atom is 0.124 e. The molecular weight excluding hydrogens is 318 g/mol. The van der Waals surface area contributed by atoms with Gasteiger partial charge < -0.3 is 15.5 Å². The van der Waals surface area contributed by atoms with Gasteiger partial charge in [0, 0.05) is 28.2 Å². The molecular formula is C16H18BrNO2. The van der Waals surface area contributed by atoms with Crippen LogP contribution in [0.5, 0.6) is 11.5 Å². The van der Waals surface area contributed by atoms with Crippen molar-refractivity contribution in [1.82, 2.24) is 5.32 Å². The number of rotatable bonds is 4. The minimum absolute atomic E-state index is 0.0235. The Morgan fingerprint density at radius 1 is 1.00 bits per heavy atom. The average molecular weight is 336 g/mol. The van der Waals surface area contributed by atoms with Gasteiger partial charge in [0.1, 0.15) is 11.5 Å². The number of benzene rings is 2. The minimum Gasteiger partial charge on any atom is -0.508 e. The Bertz CT molecular complexity index is 601. The van der Waals surface area contributed by atoms with Crippen LogP contribution in [0.2, 0.25) is 0 Å². The van der Waals surface area contributed by atoms with Crippen molar-refractivity contribution in [2.45, 2.75) is 25.9 Å². The van der Waals surface area contributed by atoms with Crippen molar-refractivity contribution >= 4 is 15.9 Å². The van der Waals surface area contributed by atoms with Crippen LogP contribution in [0.3, 0.4) is 0 Å². The van der Waals surface area contributed by atoms with Crippen molar-refractivity contribution < 1.29 is 10.2 Å². The van der Waals surface area contributed by atoms with E-state index in [0.717, 1.165) is 10.0 Å². The van der Waals surface area contributed by atoms with Gasteiger partial charge in [-0.15, -0.1) is 0 Å². The largest absolute Gasteiger partial charge is 0.508 e. The van der Waals surface area contributed by atoms with Crippen LogP contribution in [0.15, 0.2) is 46.9 Å². The Kier molecular flexibility index (Phi) is 4.68. The number of aromatic hydroxyl groups is 2. The lowest BCUT2D eigenvalue weighted by Gasteiger charge is -2.21. The summed E-state index contributed by atoms with van der Waals surface area (Å²) in [5.41, 5.74) is 1.94. The van der Waals surface area contributed by atoms with Crippen LogP contribution in [0.25, 0.3) is 0 Å². The molecule has 0 aliphatic carbocycles. The monoisotopic (exact) mass is 335 g/mol. The summed E-state index contributed by atoms with van der Waals surface area (Å²) in [6.45, 7) is 4.07. The smallest absolute Gasteiger partial charge is 0.124 e. The molecule has 3 N–H and O–H groups in total. The molecule has 0 aromatic heterocycles. The lowest BCUT2D eigenvalue weighted by Crippen LogP contribution is -2.22. The molecule has 0 radical (unpaired) electrons. The third-order valence-corrected chi connectivity index (χ3v) is 3.82. The summed E-state index contributed by atoms with van der Waals surface area (Å²) in [6.07, 6.45) is 0. The molecule has 0 amide bonds. The van der Waals surface area contributed by atoms with Crippen molar-refractivity contribution in [2.24, 2.45) is 0 Å². The number of hydrogen-bond acceptors (Lipinski definition) is 3. The van der Waals surface area contributed by atoms with Gasteiger partial charge in [0.2, 0.25) is 0 Å². The summed E-state index contributed by atoms with van der Waals surface area (Å²) in [7, 11) is 0. The number of nitrogens with one attached hydrogen (secondary N) is 1. The Hall–Kier alpha value is -1.52. The van der Waals surface area contributed by atoms with Gasteiger partial charge in [-0.3, -0.25) is 0 Å². The van der Waals surface area contributed by atoms with Gasteiger partial charge in [0.25, 0.3) is 0 Å². The third-order valence-electron chi connectivity index (χ3n) is 3.33. The zero-order valence-electron chi connectivity index (χ0n) is 11.5. The van der Waals surface area contributed by atoms with E-state index in [-0.39, 0.29) is 23.6 Å². The minimum atomic E-state index is -0.0235. The Morgan fingerprint density at radius 2 is 1.75 bits per heavy atom. The first-order chi connectivity index (χ1) is 9.47.